The van der Waals surface area contributed by atoms with E-state index in [1.54, 1.807) is 0 Å². The molecule has 0 radical (unpaired) electrons. The lowest BCUT2D eigenvalue weighted by Gasteiger charge is -2.25. The van der Waals surface area contributed by atoms with Gasteiger partial charge < -0.3 is 4.74 Å². The van der Waals surface area contributed by atoms with Gasteiger partial charge in [0.1, 0.15) is 0 Å². The van der Waals surface area contributed by atoms with E-state index in [0.29, 0.717) is 0 Å². The predicted molar refractivity (Wildman–Crippen MR) is 99.6 cm³/mol. The summed E-state index contributed by atoms with van der Waals surface area (Å²) < 4.78 is 9.98. The molecule has 3 heterocycles. The van der Waals surface area contributed by atoms with Crippen LogP contribution < -0.4 is 0 Å². The second-order valence-corrected chi connectivity index (χ2v) is 6.78. The van der Waals surface area contributed by atoms with E-state index in [-0.39, 0.29) is 6.10 Å². The first kappa shape index (κ1) is 17.0. The summed E-state index contributed by atoms with van der Waals surface area (Å²) in [6, 6.07) is 12.6. The van der Waals surface area contributed by atoms with E-state index in [0.717, 1.165) is 45.8 Å². The number of benzene rings is 1. The Morgan fingerprint density at radius 3 is 2.38 bits per heavy atom. The fraction of sp³-hybridized carbons (Fsp3) is 0.400. The molecule has 136 valence electrons. The standard InChI is InChI=1S/C20H25N5O/c1-2-7-19(15-24-11-3-8-21-24)18(6-1)14-23-10-5-13-26-20(16-23)17-25-12-4-9-22-25/h1-4,6-9,11-12,20H,5,10,13-17H2. The van der Waals surface area contributed by atoms with Gasteiger partial charge >= 0.3 is 0 Å². The third kappa shape index (κ3) is 4.39. The van der Waals surface area contributed by atoms with E-state index < -0.39 is 0 Å². The van der Waals surface area contributed by atoms with Crippen LogP contribution in [0.1, 0.15) is 17.5 Å². The molecule has 6 nitrogen and oxygen atoms in total. The van der Waals surface area contributed by atoms with Crippen LogP contribution >= 0.6 is 0 Å². The van der Waals surface area contributed by atoms with Crippen molar-refractivity contribution in [2.24, 2.45) is 0 Å². The summed E-state index contributed by atoms with van der Waals surface area (Å²) in [6.45, 7) is 5.36. The van der Waals surface area contributed by atoms with Gasteiger partial charge in [-0.05, 0) is 29.7 Å². The Labute approximate surface area is 154 Å². The van der Waals surface area contributed by atoms with Crippen LogP contribution in [0.5, 0.6) is 0 Å². The minimum atomic E-state index is 0.177. The van der Waals surface area contributed by atoms with Crippen LogP contribution in [0.4, 0.5) is 0 Å². The Morgan fingerprint density at radius 2 is 1.65 bits per heavy atom. The summed E-state index contributed by atoms with van der Waals surface area (Å²) in [5.74, 6) is 0. The molecule has 1 aromatic carbocycles. The first-order valence-corrected chi connectivity index (χ1v) is 9.22. The number of rotatable bonds is 6. The molecule has 0 saturated carbocycles. The molecule has 26 heavy (non-hydrogen) atoms. The molecule has 1 atom stereocenters. The minimum absolute atomic E-state index is 0.177. The zero-order valence-corrected chi connectivity index (χ0v) is 14.9. The molecule has 4 rings (SSSR count). The fourth-order valence-electron chi connectivity index (χ4n) is 3.52. The molecule has 0 N–H and O–H groups in total. The Morgan fingerprint density at radius 1 is 0.923 bits per heavy atom. The topological polar surface area (TPSA) is 48.1 Å². The van der Waals surface area contributed by atoms with Crippen LogP contribution in [0.15, 0.2) is 61.2 Å². The molecule has 1 fully saturated rings. The largest absolute Gasteiger partial charge is 0.375 e. The first-order chi connectivity index (χ1) is 12.9. The summed E-state index contributed by atoms with van der Waals surface area (Å²) in [5, 5.41) is 8.66. The maximum absolute atomic E-state index is 6.04. The number of ether oxygens (including phenoxy) is 1. The van der Waals surface area contributed by atoms with Gasteiger partial charge in [0.2, 0.25) is 0 Å². The van der Waals surface area contributed by atoms with E-state index >= 15 is 0 Å². The number of nitrogens with zero attached hydrogens (tertiary/aromatic N) is 5. The molecule has 3 aromatic rings. The molecule has 0 bridgehead atoms. The van der Waals surface area contributed by atoms with Gasteiger partial charge in [-0.2, -0.15) is 10.2 Å². The van der Waals surface area contributed by atoms with Gasteiger partial charge in [-0.25, -0.2) is 0 Å². The Kier molecular flexibility index (Phi) is 5.42. The highest BCUT2D eigenvalue weighted by molar-refractivity contribution is 5.27. The molecule has 0 aliphatic carbocycles. The fourth-order valence-corrected chi connectivity index (χ4v) is 3.52. The maximum Gasteiger partial charge on any atom is 0.0897 e. The van der Waals surface area contributed by atoms with E-state index in [1.165, 1.54) is 11.1 Å². The smallest absolute Gasteiger partial charge is 0.0897 e. The highest BCUT2D eigenvalue weighted by Gasteiger charge is 2.20. The summed E-state index contributed by atoms with van der Waals surface area (Å²) in [5.41, 5.74) is 2.69. The summed E-state index contributed by atoms with van der Waals surface area (Å²) in [4.78, 5) is 2.50. The second kappa shape index (κ2) is 8.29. The van der Waals surface area contributed by atoms with Crippen LogP contribution in [-0.2, 0) is 24.4 Å². The molecule has 0 spiro atoms. The van der Waals surface area contributed by atoms with Gasteiger partial charge in [0.15, 0.2) is 0 Å². The van der Waals surface area contributed by atoms with E-state index in [4.69, 9.17) is 4.74 Å². The predicted octanol–water partition coefficient (Wildman–Crippen LogP) is 2.42. The third-order valence-corrected chi connectivity index (χ3v) is 4.79. The van der Waals surface area contributed by atoms with Gasteiger partial charge in [0.25, 0.3) is 0 Å². The molecule has 1 unspecified atom stereocenters. The highest BCUT2D eigenvalue weighted by atomic mass is 16.5. The molecule has 1 aliphatic heterocycles. The van der Waals surface area contributed by atoms with Gasteiger partial charge in [0.05, 0.1) is 19.2 Å². The van der Waals surface area contributed by atoms with E-state index in [1.807, 2.05) is 46.3 Å². The lowest BCUT2D eigenvalue weighted by molar-refractivity contribution is 0.0391. The van der Waals surface area contributed by atoms with Crippen molar-refractivity contribution in [3.05, 3.63) is 72.3 Å². The summed E-state index contributed by atoms with van der Waals surface area (Å²) >= 11 is 0. The SMILES string of the molecule is c1ccc(Cn2cccn2)c(CN2CCCOC(Cn3cccn3)C2)c1. The van der Waals surface area contributed by atoms with Gasteiger partial charge in [0, 0.05) is 51.0 Å². The van der Waals surface area contributed by atoms with Crippen molar-refractivity contribution in [2.45, 2.75) is 32.2 Å². The molecule has 1 aliphatic rings. The van der Waals surface area contributed by atoms with Gasteiger partial charge in [-0.15, -0.1) is 0 Å². The zero-order valence-electron chi connectivity index (χ0n) is 14.9. The van der Waals surface area contributed by atoms with Crippen LogP contribution in [0.2, 0.25) is 0 Å². The van der Waals surface area contributed by atoms with Crippen molar-refractivity contribution < 1.29 is 4.74 Å². The van der Waals surface area contributed by atoms with E-state index in [2.05, 4.69) is 39.4 Å². The van der Waals surface area contributed by atoms with Crippen molar-refractivity contribution in [3.63, 3.8) is 0 Å². The first-order valence-electron chi connectivity index (χ1n) is 9.22. The lowest BCUT2D eigenvalue weighted by atomic mass is 10.1. The second-order valence-electron chi connectivity index (χ2n) is 6.78. The number of hydrogen-bond donors (Lipinski definition) is 0. The monoisotopic (exact) mass is 351 g/mol. The van der Waals surface area contributed by atoms with Crippen LogP contribution in [-0.4, -0.2) is 50.3 Å². The third-order valence-electron chi connectivity index (χ3n) is 4.79. The zero-order chi connectivity index (χ0) is 17.6. The van der Waals surface area contributed by atoms with Crippen molar-refractivity contribution in [3.8, 4) is 0 Å². The van der Waals surface area contributed by atoms with Crippen molar-refractivity contribution in [1.29, 1.82) is 0 Å². The molecule has 6 heteroatoms. The minimum Gasteiger partial charge on any atom is -0.375 e. The van der Waals surface area contributed by atoms with Gasteiger partial charge in [-0.3, -0.25) is 14.3 Å². The Balaban J connectivity index is 1.44. The molecular weight excluding hydrogens is 326 g/mol. The normalized spacial score (nSPS) is 18.7. The molecule has 2 aromatic heterocycles. The lowest BCUT2D eigenvalue weighted by Crippen LogP contribution is -2.34. The highest BCUT2D eigenvalue weighted by Crippen LogP contribution is 2.16. The quantitative estimate of drug-likeness (QED) is 0.684. The Bertz CT molecular complexity index is 784. The number of hydrogen-bond acceptors (Lipinski definition) is 4. The summed E-state index contributed by atoms with van der Waals surface area (Å²) in [7, 11) is 0. The molecular formula is C20H25N5O. The van der Waals surface area contributed by atoms with Crippen LogP contribution in [0.3, 0.4) is 0 Å². The van der Waals surface area contributed by atoms with Gasteiger partial charge in [-0.1, -0.05) is 24.3 Å². The number of aromatic nitrogens is 4. The molecule has 0 amide bonds. The van der Waals surface area contributed by atoms with Crippen molar-refractivity contribution >= 4 is 0 Å². The van der Waals surface area contributed by atoms with E-state index in [9.17, 15) is 0 Å². The van der Waals surface area contributed by atoms with Crippen molar-refractivity contribution in [1.82, 2.24) is 24.5 Å². The molecule has 1 saturated heterocycles. The summed E-state index contributed by atoms with van der Waals surface area (Å²) in [6.07, 6.45) is 8.90. The van der Waals surface area contributed by atoms with Crippen molar-refractivity contribution in [2.75, 3.05) is 19.7 Å². The maximum atomic E-state index is 6.04. The average Bonchev–Trinajstić information content (AvgIpc) is 3.30. The average molecular weight is 351 g/mol. The van der Waals surface area contributed by atoms with Crippen LogP contribution in [0.25, 0.3) is 0 Å². The Hall–Kier alpha value is -2.44. The van der Waals surface area contributed by atoms with Crippen LogP contribution in [0, 0.1) is 0 Å².